The number of benzene rings is 1. The smallest absolute Gasteiger partial charge is 0.308 e. The van der Waals surface area contributed by atoms with Crippen LogP contribution in [0.15, 0.2) is 40.9 Å². The van der Waals surface area contributed by atoms with Crippen LogP contribution in [0.2, 0.25) is 0 Å². The van der Waals surface area contributed by atoms with Gasteiger partial charge in [0.05, 0.1) is 12.5 Å². The quantitative estimate of drug-likeness (QED) is 0.490. The summed E-state index contributed by atoms with van der Waals surface area (Å²) in [6, 6.07) is 9.05. The van der Waals surface area contributed by atoms with Crippen molar-refractivity contribution in [3.63, 3.8) is 0 Å². The molecule has 9 nitrogen and oxygen atoms in total. The molecule has 2 aromatic heterocycles. The van der Waals surface area contributed by atoms with E-state index in [-0.39, 0.29) is 23.5 Å². The fraction of sp³-hybridized carbons (Fsp3) is 0.417. The minimum atomic E-state index is -0.284. The lowest BCUT2D eigenvalue weighted by molar-refractivity contribution is -0.149. The summed E-state index contributed by atoms with van der Waals surface area (Å²) in [5.41, 5.74) is 1.57. The van der Waals surface area contributed by atoms with E-state index in [1.165, 1.54) is 6.20 Å². The zero-order valence-corrected chi connectivity index (χ0v) is 18.8. The van der Waals surface area contributed by atoms with Gasteiger partial charge in [-0.1, -0.05) is 6.42 Å². The van der Waals surface area contributed by atoms with Crippen LogP contribution < -0.4 is 15.4 Å². The number of esters is 1. The van der Waals surface area contributed by atoms with Crippen molar-refractivity contribution < 1.29 is 23.5 Å². The summed E-state index contributed by atoms with van der Waals surface area (Å²) < 4.78 is 16.9. The van der Waals surface area contributed by atoms with Crippen LogP contribution in [0.5, 0.6) is 11.5 Å². The van der Waals surface area contributed by atoms with Gasteiger partial charge in [0, 0.05) is 31.9 Å². The molecule has 2 atom stereocenters. The Morgan fingerprint density at radius 3 is 2.85 bits per heavy atom. The van der Waals surface area contributed by atoms with Crippen LogP contribution in [-0.4, -0.2) is 42.0 Å². The Labute approximate surface area is 191 Å². The number of carbonyl (C=O) groups excluding carboxylic acids is 2. The molecule has 0 radical (unpaired) electrons. The normalized spacial score (nSPS) is 18.0. The third-order valence-electron chi connectivity index (χ3n) is 5.73. The molecule has 9 heteroatoms. The fourth-order valence-corrected chi connectivity index (χ4v) is 4.09. The van der Waals surface area contributed by atoms with E-state index in [1.807, 2.05) is 13.0 Å². The Kier molecular flexibility index (Phi) is 7.07. The first kappa shape index (κ1) is 22.6. The highest BCUT2D eigenvalue weighted by molar-refractivity contribution is 5.92. The second kappa shape index (κ2) is 10.3. The molecule has 1 fully saturated rings. The largest absolute Gasteiger partial charge is 0.466 e. The molecule has 0 bridgehead atoms. The van der Waals surface area contributed by atoms with E-state index in [4.69, 9.17) is 13.9 Å². The SMILES string of the molecule is CCOC(=O)C1CCCC(CNc2nc3ccc(Oc4ccnc(C(=O)NC)c4)cc3o2)C1. The molecule has 1 amide bonds. The van der Waals surface area contributed by atoms with Gasteiger partial charge in [0.25, 0.3) is 11.9 Å². The molecule has 2 N–H and O–H groups in total. The van der Waals surface area contributed by atoms with Crippen LogP contribution in [0.25, 0.3) is 11.1 Å². The topological polar surface area (TPSA) is 116 Å². The molecule has 1 aliphatic carbocycles. The second-order valence-electron chi connectivity index (χ2n) is 8.07. The van der Waals surface area contributed by atoms with E-state index >= 15 is 0 Å². The van der Waals surface area contributed by atoms with Gasteiger partial charge in [-0.25, -0.2) is 0 Å². The molecule has 2 heterocycles. The number of fused-ring (bicyclic) bond motifs is 1. The van der Waals surface area contributed by atoms with Crippen molar-refractivity contribution in [3.05, 3.63) is 42.2 Å². The number of nitrogens with zero attached hydrogens (tertiary/aromatic N) is 2. The van der Waals surface area contributed by atoms with Gasteiger partial charge in [0.2, 0.25) is 0 Å². The number of rotatable bonds is 8. The lowest BCUT2D eigenvalue weighted by Crippen LogP contribution is -2.28. The molecule has 3 aromatic rings. The van der Waals surface area contributed by atoms with Crippen molar-refractivity contribution in [1.82, 2.24) is 15.3 Å². The summed E-state index contributed by atoms with van der Waals surface area (Å²) in [6.07, 6.45) is 5.30. The second-order valence-corrected chi connectivity index (χ2v) is 8.07. The maximum Gasteiger partial charge on any atom is 0.308 e. The summed E-state index contributed by atoms with van der Waals surface area (Å²) in [5.74, 6) is 1.02. The number of carbonyl (C=O) groups is 2. The van der Waals surface area contributed by atoms with E-state index in [9.17, 15) is 9.59 Å². The summed E-state index contributed by atoms with van der Waals surface area (Å²) in [4.78, 5) is 32.3. The first-order valence-electron chi connectivity index (χ1n) is 11.2. The summed E-state index contributed by atoms with van der Waals surface area (Å²) in [7, 11) is 1.55. The van der Waals surface area contributed by atoms with E-state index in [0.717, 1.165) is 25.7 Å². The molecule has 1 aliphatic rings. The van der Waals surface area contributed by atoms with Crippen molar-refractivity contribution in [2.45, 2.75) is 32.6 Å². The zero-order valence-electron chi connectivity index (χ0n) is 18.8. The molecule has 1 saturated carbocycles. The number of aromatic nitrogens is 2. The maximum absolute atomic E-state index is 12.1. The number of hydrogen-bond acceptors (Lipinski definition) is 8. The minimum Gasteiger partial charge on any atom is -0.466 e. The van der Waals surface area contributed by atoms with Gasteiger partial charge in [-0.05, 0) is 50.3 Å². The third-order valence-corrected chi connectivity index (χ3v) is 5.73. The predicted octanol–water partition coefficient (Wildman–Crippen LogP) is 4.16. The van der Waals surface area contributed by atoms with Crippen LogP contribution in [0.3, 0.4) is 0 Å². The van der Waals surface area contributed by atoms with Crippen LogP contribution >= 0.6 is 0 Å². The molecule has 0 spiro atoms. The average molecular weight is 453 g/mol. The van der Waals surface area contributed by atoms with Crippen molar-refractivity contribution in [3.8, 4) is 11.5 Å². The Balaban J connectivity index is 1.38. The summed E-state index contributed by atoms with van der Waals surface area (Å²) >= 11 is 0. The zero-order chi connectivity index (χ0) is 23.2. The minimum absolute atomic E-state index is 0.0223. The summed E-state index contributed by atoms with van der Waals surface area (Å²) in [6.45, 7) is 2.94. The van der Waals surface area contributed by atoms with Gasteiger partial charge in [-0.3, -0.25) is 14.6 Å². The van der Waals surface area contributed by atoms with Gasteiger partial charge >= 0.3 is 5.97 Å². The van der Waals surface area contributed by atoms with E-state index in [0.29, 0.717) is 47.7 Å². The number of amides is 1. The highest BCUT2D eigenvalue weighted by Gasteiger charge is 2.28. The summed E-state index contributed by atoms with van der Waals surface area (Å²) in [5, 5.41) is 5.81. The molecular formula is C24H28N4O5. The molecule has 1 aromatic carbocycles. The Bertz CT molecular complexity index is 1130. The first-order valence-corrected chi connectivity index (χ1v) is 11.2. The van der Waals surface area contributed by atoms with Crippen LogP contribution in [0, 0.1) is 11.8 Å². The molecule has 0 saturated heterocycles. The van der Waals surface area contributed by atoms with E-state index < -0.39 is 0 Å². The molecular weight excluding hydrogens is 424 g/mol. The number of hydrogen-bond donors (Lipinski definition) is 2. The average Bonchev–Trinajstić information content (AvgIpc) is 3.25. The van der Waals surface area contributed by atoms with Crippen molar-refractivity contribution in [1.29, 1.82) is 0 Å². The van der Waals surface area contributed by atoms with Crippen LogP contribution in [-0.2, 0) is 9.53 Å². The van der Waals surface area contributed by atoms with Crippen molar-refractivity contribution in [2.24, 2.45) is 11.8 Å². The highest BCUT2D eigenvalue weighted by atomic mass is 16.5. The van der Waals surface area contributed by atoms with Gasteiger partial charge < -0.3 is 24.5 Å². The molecule has 2 unspecified atom stereocenters. The molecule has 174 valence electrons. The Morgan fingerprint density at radius 1 is 1.18 bits per heavy atom. The number of pyridine rings is 1. The number of ether oxygens (including phenoxy) is 2. The van der Waals surface area contributed by atoms with Gasteiger partial charge in [-0.2, -0.15) is 4.98 Å². The van der Waals surface area contributed by atoms with Crippen molar-refractivity contribution in [2.75, 3.05) is 25.5 Å². The maximum atomic E-state index is 12.1. The third kappa shape index (κ3) is 5.60. The van der Waals surface area contributed by atoms with Crippen LogP contribution in [0.4, 0.5) is 6.01 Å². The van der Waals surface area contributed by atoms with E-state index in [1.54, 1.807) is 31.3 Å². The molecule has 4 rings (SSSR count). The molecule has 0 aliphatic heterocycles. The molecule has 33 heavy (non-hydrogen) atoms. The Morgan fingerprint density at radius 2 is 2.03 bits per heavy atom. The lowest BCUT2D eigenvalue weighted by Gasteiger charge is -2.27. The predicted molar refractivity (Wildman–Crippen MR) is 122 cm³/mol. The fourth-order valence-electron chi connectivity index (χ4n) is 4.09. The van der Waals surface area contributed by atoms with Gasteiger partial charge in [0.15, 0.2) is 5.58 Å². The van der Waals surface area contributed by atoms with Crippen molar-refractivity contribution >= 4 is 29.0 Å². The number of anilines is 1. The number of nitrogens with one attached hydrogen (secondary N) is 2. The highest BCUT2D eigenvalue weighted by Crippen LogP contribution is 2.31. The van der Waals surface area contributed by atoms with Crippen LogP contribution in [0.1, 0.15) is 43.1 Å². The van der Waals surface area contributed by atoms with E-state index in [2.05, 4.69) is 20.6 Å². The first-order chi connectivity index (χ1) is 16.1. The standard InChI is InChI=1S/C24H28N4O5/c1-3-31-23(30)16-6-4-5-15(11-16)14-27-24-28-19-8-7-17(13-21(19)33-24)32-18-9-10-26-20(12-18)22(29)25-2/h7-10,12-13,15-16H,3-6,11,14H2,1-2H3,(H,25,29)(H,27,28). The Hall–Kier alpha value is -3.62. The van der Waals surface area contributed by atoms with Gasteiger partial charge in [-0.15, -0.1) is 0 Å². The monoisotopic (exact) mass is 452 g/mol. The lowest BCUT2D eigenvalue weighted by atomic mass is 9.81. The van der Waals surface area contributed by atoms with Gasteiger partial charge in [0.1, 0.15) is 22.7 Å². The number of oxazole rings is 1.